The van der Waals surface area contributed by atoms with E-state index in [-0.39, 0.29) is 12.0 Å². The van der Waals surface area contributed by atoms with Crippen molar-refractivity contribution in [2.45, 2.75) is 66.6 Å². The Labute approximate surface area is 262 Å². The minimum absolute atomic E-state index is 0.138. The molecule has 2 N–H and O–H groups in total. The van der Waals surface area contributed by atoms with E-state index in [0.29, 0.717) is 35.3 Å². The number of hydrogen-bond acceptors (Lipinski definition) is 8. The monoisotopic (exact) mass is 634 g/mol. The highest BCUT2D eigenvalue weighted by Gasteiger charge is 2.33. The van der Waals surface area contributed by atoms with Crippen LogP contribution in [0.25, 0.3) is 11.3 Å². The maximum absolute atomic E-state index is 13.7. The molecule has 2 aromatic heterocycles. The van der Waals surface area contributed by atoms with Crippen LogP contribution in [0.5, 0.6) is 0 Å². The zero-order chi connectivity index (χ0) is 32.3. The van der Waals surface area contributed by atoms with Crippen LogP contribution >= 0.6 is 11.3 Å². The number of nitrogens with zero attached hydrogens (tertiary/aromatic N) is 5. The molecule has 0 spiro atoms. The number of nitrogens with one attached hydrogen (secondary N) is 1. The Hall–Kier alpha value is -3.22. The molecule has 0 atom stereocenters. The number of carbonyl (C=O) groups is 1. The van der Waals surface area contributed by atoms with Crippen LogP contribution in [0.1, 0.15) is 63.0 Å². The molecule has 0 bridgehead atoms. The van der Waals surface area contributed by atoms with Gasteiger partial charge in [0.05, 0.1) is 17.7 Å². The van der Waals surface area contributed by atoms with Gasteiger partial charge in [0.25, 0.3) is 0 Å². The van der Waals surface area contributed by atoms with Gasteiger partial charge in [-0.1, -0.05) is 51.2 Å². The van der Waals surface area contributed by atoms with E-state index in [0.717, 1.165) is 62.7 Å². The van der Waals surface area contributed by atoms with Gasteiger partial charge in [-0.3, -0.25) is 14.6 Å². The molecule has 2 saturated heterocycles. The number of benzene rings is 1. The van der Waals surface area contributed by atoms with Crippen molar-refractivity contribution in [3.63, 3.8) is 0 Å². The van der Waals surface area contributed by atoms with Crippen molar-refractivity contribution >= 4 is 33.9 Å². The number of piperazine rings is 1. The summed E-state index contributed by atoms with van der Waals surface area (Å²) in [6.07, 6.45) is -0.333. The highest BCUT2D eigenvalue weighted by atomic mass is 32.1. The van der Waals surface area contributed by atoms with E-state index in [1.807, 2.05) is 39.8 Å². The summed E-state index contributed by atoms with van der Waals surface area (Å²) in [7, 11) is 0. The lowest BCUT2D eigenvalue weighted by atomic mass is 10.0. The standard InChI is InChI=1S/C28H33F3N6O2S.2C2H6/c1-19-4-5-20(16-22(19)28(29,30)31)26-23(18-36-9-2-3-10-36)40-27(34-26)33-24-17-21(6-8-32-24)37-14-12-35(13-15-37)11-7-25(38)39;2*1-2/h4-6,8,16-17H,2-3,7,9-15,18H2,1H3,(H,38,39)(H,32,33,34);2*1-2H3. The minimum Gasteiger partial charge on any atom is -0.481 e. The van der Waals surface area contributed by atoms with Crippen molar-refractivity contribution in [1.82, 2.24) is 19.8 Å². The van der Waals surface area contributed by atoms with Crippen LogP contribution < -0.4 is 10.2 Å². The Morgan fingerprint density at radius 2 is 1.66 bits per heavy atom. The van der Waals surface area contributed by atoms with Gasteiger partial charge in [-0.25, -0.2) is 9.97 Å². The minimum atomic E-state index is -4.43. The maximum atomic E-state index is 13.7. The first-order valence-corrected chi connectivity index (χ1v) is 16.3. The molecule has 0 amide bonds. The average Bonchev–Trinajstić information content (AvgIpc) is 3.68. The van der Waals surface area contributed by atoms with Crippen LogP contribution in [0.2, 0.25) is 0 Å². The molecule has 0 aliphatic carbocycles. The summed E-state index contributed by atoms with van der Waals surface area (Å²) in [5.74, 6) is -0.178. The van der Waals surface area contributed by atoms with Crippen molar-refractivity contribution in [3.05, 3.63) is 52.5 Å². The molecule has 2 aliphatic rings. The molecule has 1 aromatic carbocycles. The fourth-order valence-electron chi connectivity index (χ4n) is 5.23. The molecule has 0 unspecified atom stereocenters. The molecular weight excluding hydrogens is 589 g/mol. The third-order valence-electron chi connectivity index (χ3n) is 7.44. The Morgan fingerprint density at radius 1 is 0.977 bits per heavy atom. The average molecular weight is 635 g/mol. The molecule has 242 valence electrons. The maximum Gasteiger partial charge on any atom is 0.416 e. The number of rotatable bonds is 9. The van der Waals surface area contributed by atoms with Gasteiger partial charge in [-0.05, 0) is 50.6 Å². The zero-order valence-corrected chi connectivity index (χ0v) is 27.2. The molecule has 4 heterocycles. The van der Waals surface area contributed by atoms with E-state index in [1.54, 1.807) is 12.3 Å². The van der Waals surface area contributed by atoms with Crippen LogP contribution in [-0.4, -0.2) is 76.7 Å². The van der Waals surface area contributed by atoms with Gasteiger partial charge < -0.3 is 15.3 Å². The van der Waals surface area contributed by atoms with Gasteiger partial charge in [-0.15, -0.1) is 0 Å². The zero-order valence-electron chi connectivity index (χ0n) is 26.4. The third-order valence-corrected chi connectivity index (χ3v) is 8.39. The summed E-state index contributed by atoms with van der Waals surface area (Å²) in [5.41, 5.74) is 1.57. The molecular formula is C32H45F3N6O2S. The highest BCUT2D eigenvalue weighted by molar-refractivity contribution is 7.16. The Kier molecular flexibility index (Phi) is 13.4. The second-order valence-corrected chi connectivity index (χ2v) is 11.4. The smallest absolute Gasteiger partial charge is 0.416 e. The van der Waals surface area contributed by atoms with Crippen molar-refractivity contribution < 1.29 is 23.1 Å². The lowest BCUT2D eigenvalue weighted by molar-refractivity contribution is -0.138. The summed E-state index contributed by atoms with van der Waals surface area (Å²) < 4.78 is 41.0. The number of carboxylic acids is 1. The van der Waals surface area contributed by atoms with E-state index < -0.39 is 17.7 Å². The predicted molar refractivity (Wildman–Crippen MR) is 173 cm³/mol. The molecule has 12 heteroatoms. The van der Waals surface area contributed by atoms with Gasteiger partial charge in [0.2, 0.25) is 0 Å². The lowest BCUT2D eigenvalue weighted by Crippen LogP contribution is -2.46. The molecule has 2 fully saturated rings. The number of alkyl halides is 3. The molecule has 0 radical (unpaired) electrons. The van der Waals surface area contributed by atoms with E-state index in [2.05, 4.69) is 25.0 Å². The van der Waals surface area contributed by atoms with Crippen molar-refractivity contribution in [1.29, 1.82) is 0 Å². The summed E-state index contributed by atoms with van der Waals surface area (Å²) >= 11 is 1.45. The van der Waals surface area contributed by atoms with Crippen molar-refractivity contribution in [3.8, 4) is 11.3 Å². The largest absolute Gasteiger partial charge is 0.481 e. The SMILES string of the molecule is CC.CC.Cc1ccc(-c2nc(Nc3cc(N4CCN(CCC(=O)O)CC4)ccn3)sc2CN2CCCC2)cc1C(F)(F)F. The van der Waals surface area contributed by atoms with Gasteiger partial charge in [0.1, 0.15) is 5.82 Å². The number of thiazole rings is 1. The van der Waals surface area contributed by atoms with Crippen molar-refractivity contribution in [2.24, 2.45) is 0 Å². The first-order valence-electron chi connectivity index (χ1n) is 15.5. The molecule has 5 rings (SSSR count). The van der Waals surface area contributed by atoms with Gasteiger partial charge in [-0.2, -0.15) is 13.2 Å². The normalized spacial score (nSPS) is 15.7. The second kappa shape index (κ2) is 16.7. The number of anilines is 3. The lowest BCUT2D eigenvalue weighted by Gasteiger charge is -2.35. The first-order chi connectivity index (χ1) is 21.2. The van der Waals surface area contributed by atoms with Crippen LogP contribution in [-0.2, 0) is 17.5 Å². The number of carboxylic acid groups (broad SMARTS) is 1. The van der Waals surface area contributed by atoms with Crippen LogP contribution in [0.15, 0.2) is 36.5 Å². The van der Waals surface area contributed by atoms with Gasteiger partial charge in [0.15, 0.2) is 5.13 Å². The molecule has 2 aliphatic heterocycles. The van der Waals surface area contributed by atoms with E-state index in [9.17, 15) is 18.0 Å². The van der Waals surface area contributed by atoms with Crippen LogP contribution in [0.3, 0.4) is 0 Å². The number of hydrogen-bond donors (Lipinski definition) is 2. The van der Waals surface area contributed by atoms with Crippen LogP contribution in [0, 0.1) is 6.92 Å². The Balaban J connectivity index is 0.00000127. The predicted octanol–water partition coefficient (Wildman–Crippen LogP) is 7.52. The first kappa shape index (κ1) is 35.3. The fourth-order valence-corrected chi connectivity index (χ4v) is 6.27. The van der Waals surface area contributed by atoms with E-state index >= 15 is 0 Å². The van der Waals surface area contributed by atoms with Gasteiger partial charge in [0, 0.05) is 67.7 Å². The van der Waals surface area contributed by atoms with Gasteiger partial charge >= 0.3 is 12.1 Å². The number of likely N-dealkylation sites (tertiary alicyclic amines) is 1. The van der Waals surface area contributed by atoms with Crippen LogP contribution in [0.4, 0.5) is 29.8 Å². The summed E-state index contributed by atoms with van der Waals surface area (Å²) in [4.78, 5) is 27.7. The quantitative estimate of drug-likeness (QED) is 0.250. The fraction of sp³-hybridized carbons (Fsp3) is 0.531. The third kappa shape index (κ3) is 9.64. The molecule has 8 nitrogen and oxygen atoms in total. The summed E-state index contributed by atoms with van der Waals surface area (Å²) in [6.45, 7) is 15.7. The van der Waals surface area contributed by atoms with Crippen molar-refractivity contribution in [2.75, 3.05) is 56.0 Å². The Morgan fingerprint density at radius 3 is 2.30 bits per heavy atom. The molecule has 0 saturated carbocycles. The topological polar surface area (TPSA) is 84.8 Å². The second-order valence-electron chi connectivity index (χ2n) is 10.3. The number of aryl methyl sites for hydroxylation is 1. The number of pyridine rings is 1. The summed E-state index contributed by atoms with van der Waals surface area (Å²) in [5, 5.41) is 12.8. The number of aromatic nitrogens is 2. The molecule has 44 heavy (non-hydrogen) atoms. The summed E-state index contributed by atoms with van der Waals surface area (Å²) in [6, 6.07) is 8.32. The number of halogens is 3. The molecule has 3 aromatic rings. The van der Waals surface area contributed by atoms with E-state index in [4.69, 9.17) is 10.1 Å². The number of aliphatic carboxylic acids is 1. The highest BCUT2D eigenvalue weighted by Crippen LogP contribution is 2.38. The Bertz CT molecular complexity index is 1340. The van der Waals surface area contributed by atoms with E-state index in [1.165, 1.54) is 30.4 Å².